The van der Waals surface area contributed by atoms with E-state index in [1.54, 1.807) is 11.0 Å². The number of nitrogens with two attached hydrogens (primary N) is 2. The molecule has 1 aromatic heterocycles. The summed E-state index contributed by atoms with van der Waals surface area (Å²) in [4.78, 5) is 20.8. The van der Waals surface area contributed by atoms with Gasteiger partial charge in [0.1, 0.15) is 11.3 Å². The van der Waals surface area contributed by atoms with Gasteiger partial charge >= 0.3 is 0 Å². The van der Waals surface area contributed by atoms with Crippen molar-refractivity contribution in [2.45, 2.75) is 6.54 Å². The Morgan fingerprint density at radius 2 is 2.20 bits per heavy atom. The van der Waals surface area contributed by atoms with Gasteiger partial charge in [0.25, 0.3) is 0 Å². The van der Waals surface area contributed by atoms with Crippen molar-refractivity contribution in [2.24, 2.45) is 5.73 Å². The zero-order valence-electron chi connectivity index (χ0n) is 10.7. The van der Waals surface area contributed by atoms with Crippen LogP contribution >= 0.6 is 11.6 Å². The molecule has 104 valence electrons. The van der Waals surface area contributed by atoms with Crippen LogP contribution in [-0.4, -0.2) is 22.4 Å². The minimum absolute atomic E-state index is 0.00549. The van der Waals surface area contributed by atoms with Crippen LogP contribution in [-0.2, 0) is 11.3 Å². The molecule has 0 aliphatic rings. The highest BCUT2D eigenvalue weighted by Crippen LogP contribution is 2.23. The lowest BCUT2D eigenvalue weighted by Gasteiger charge is -2.23. The first-order chi connectivity index (χ1) is 9.56. The third kappa shape index (κ3) is 3.58. The number of nitrogen functional groups attached to an aromatic ring is 1. The largest absolute Gasteiger partial charge is 0.399 e. The van der Waals surface area contributed by atoms with E-state index in [4.69, 9.17) is 23.1 Å². The molecule has 1 amide bonds. The molecule has 2 aromatic rings. The second-order valence-corrected chi connectivity index (χ2v) is 4.67. The maximum absolute atomic E-state index is 11.2. The molecule has 0 unspecified atom stereocenters. The summed E-state index contributed by atoms with van der Waals surface area (Å²) in [5.41, 5.74) is 12.6. The first-order valence-electron chi connectivity index (χ1n) is 5.89. The van der Waals surface area contributed by atoms with E-state index in [-0.39, 0.29) is 6.54 Å². The fourth-order valence-electron chi connectivity index (χ4n) is 1.84. The predicted octanol–water partition coefficient (Wildman–Crippen LogP) is 1.20. The van der Waals surface area contributed by atoms with Gasteiger partial charge in [-0.25, -0.2) is 9.97 Å². The van der Waals surface area contributed by atoms with Gasteiger partial charge in [-0.05, 0) is 17.7 Å². The Labute approximate surface area is 121 Å². The molecule has 0 radical (unpaired) electrons. The Kier molecular flexibility index (Phi) is 4.37. The van der Waals surface area contributed by atoms with Crippen molar-refractivity contribution in [3.8, 4) is 0 Å². The molecule has 0 bridgehead atoms. The Bertz CT molecular complexity index is 619. The Morgan fingerprint density at radius 1 is 1.40 bits per heavy atom. The Balaban J connectivity index is 2.29. The van der Waals surface area contributed by atoms with E-state index in [1.807, 2.05) is 18.2 Å². The number of carbonyl (C=O) groups excluding carboxylic acids is 1. The molecule has 1 heterocycles. The van der Waals surface area contributed by atoms with Crippen LogP contribution in [0, 0.1) is 0 Å². The van der Waals surface area contributed by atoms with Gasteiger partial charge in [0.2, 0.25) is 5.91 Å². The van der Waals surface area contributed by atoms with E-state index in [1.165, 1.54) is 12.5 Å². The van der Waals surface area contributed by atoms with Crippen LogP contribution < -0.4 is 16.4 Å². The minimum atomic E-state index is -0.469. The van der Waals surface area contributed by atoms with Gasteiger partial charge in [-0.1, -0.05) is 23.7 Å². The van der Waals surface area contributed by atoms with Crippen molar-refractivity contribution in [2.75, 3.05) is 17.2 Å². The molecule has 7 heteroatoms. The number of hydrogen-bond donors (Lipinski definition) is 2. The number of halogens is 1. The lowest BCUT2D eigenvalue weighted by molar-refractivity contribution is -0.116. The van der Waals surface area contributed by atoms with Crippen molar-refractivity contribution >= 4 is 29.0 Å². The van der Waals surface area contributed by atoms with Gasteiger partial charge in [0.05, 0.1) is 12.7 Å². The molecule has 1 aromatic carbocycles. The fraction of sp³-hybridized carbons (Fsp3) is 0.154. The summed E-state index contributed by atoms with van der Waals surface area (Å²) in [6.45, 7) is 0.427. The standard InChI is InChI=1S/C13H14ClN5O/c14-11-5-17-8-18-13(11)19(7-12(16)20)6-9-2-1-3-10(15)4-9/h1-5,8H,6-7,15H2,(H2,16,20). The number of primary amides is 1. The van der Waals surface area contributed by atoms with Gasteiger partial charge < -0.3 is 16.4 Å². The van der Waals surface area contributed by atoms with Crippen LogP contribution in [0.2, 0.25) is 5.02 Å². The quantitative estimate of drug-likeness (QED) is 0.807. The summed E-state index contributed by atoms with van der Waals surface area (Å²) in [6.07, 6.45) is 2.84. The summed E-state index contributed by atoms with van der Waals surface area (Å²) in [5.74, 6) is -0.00790. The molecule has 2 rings (SSSR count). The topological polar surface area (TPSA) is 98.1 Å². The SMILES string of the molecule is NC(=O)CN(Cc1cccc(N)c1)c1ncncc1Cl. The molecule has 20 heavy (non-hydrogen) atoms. The van der Waals surface area contributed by atoms with E-state index in [0.29, 0.717) is 23.1 Å². The molecular formula is C13H14ClN5O. The third-order valence-electron chi connectivity index (χ3n) is 2.62. The van der Waals surface area contributed by atoms with Crippen molar-refractivity contribution < 1.29 is 4.79 Å². The minimum Gasteiger partial charge on any atom is -0.399 e. The molecular weight excluding hydrogens is 278 g/mol. The predicted molar refractivity (Wildman–Crippen MR) is 78.1 cm³/mol. The molecule has 0 atom stereocenters. The van der Waals surface area contributed by atoms with Gasteiger partial charge in [-0.2, -0.15) is 0 Å². The number of aromatic nitrogens is 2. The smallest absolute Gasteiger partial charge is 0.237 e. The summed E-state index contributed by atoms with van der Waals surface area (Å²) in [5, 5.41) is 0.359. The highest BCUT2D eigenvalue weighted by molar-refractivity contribution is 6.32. The maximum atomic E-state index is 11.2. The highest BCUT2D eigenvalue weighted by atomic mass is 35.5. The second-order valence-electron chi connectivity index (χ2n) is 4.26. The fourth-order valence-corrected chi connectivity index (χ4v) is 2.07. The van der Waals surface area contributed by atoms with Gasteiger partial charge in [0.15, 0.2) is 5.82 Å². The summed E-state index contributed by atoms with van der Waals surface area (Å²) >= 11 is 6.06. The van der Waals surface area contributed by atoms with E-state index in [9.17, 15) is 4.79 Å². The Hall–Kier alpha value is -2.34. The van der Waals surface area contributed by atoms with Crippen LogP contribution in [0.1, 0.15) is 5.56 Å². The van der Waals surface area contributed by atoms with E-state index < -0.39 is 5.91 Å². The first-order valence-corrected chi connectivity index (χ1v) is 6.27. The van der Waals surface area contributed by atoms with E-state index >= 15 is 0 Å². The monoisotopic (exact) mass is 291 g/mol. The lowest BCUT2D eigenvalue weighted by Crippen LogP contribution is -2.34. The number of hydrogen-bond acceptors (Lipinski definition) is 5. The van der Waals surface area contributed by atoms with Crippen molar-refractivity contribution in [3.63, 3.8) is 0 Å². The molecule has 0 saturated heterocycles. The van der Waals surface area contributed by atoms with Crippen LogP contribution in [0.25, 0.3) is 0 Å². The van der Waals surface area contributed by atoms with Crippen molar-refractivity contribution in [1.82, 2.24) is 9.97 Å². The Morgan fingerprint density at radius 3 is 2.85 bits per heavy atom. The van der Waals surface area contributed by atoms with Gasteiger partial charge in [-0.3, -0.25) is 4.79 Å². The third-order valence-corrected chi connectivity index (χ3v) is 2.89. The number of anilines is 2. The van der Waals surface area contributed by atoms with Crippen molar-refractivity contribution in [3.05, 3.63) is 47.4 Å². The number of rotatable bonds is 5. The van der Waals surface area contributed by atoms with Crippen LogP contribution in [0.4, 0.5) is 11.5 Å². The number of nitrogens with zero attached hydrogens (tertiary/aromatic N) is 3. The molecule has 0 aliphatic heterocycles. The van der Waals surface area contributed by atoms with Gasteiger partial charge in [-0.15, -0.1) is 0 Å². The zero-order valence-corrected chi connectivity index (χ0v) is 11.4. The summed E-state index contributed by atoms with van der Waals surface area (Å²) < 4.78 is 0. The number of amides is 1. The first kappa shape index (κ1) is 14.1. The maximum Gasteiger partial charge on any atom is 0.237 e. The average molecular weight is 292 g/mol. The normalized spacial score (nSPS) is 10.2. The van der Waals surface area contributed by atoms with Crippen LogP contribution in [0.15, 0.2) is 36.8 Å². The molecule has 0 saturated carbocycles. The van der Waals surface area contributed by atoms with E-state index in [2.05, 4.69) is 9.97 Å². The molecule has 0 aliphatic carbocycles. The molecule has 0 fully saturated rings. The van der Waals surface area contributed by atoms with Crippen molar-refractivity contribution in [1.29, 1.82) is 0 Å². The zero-order chi connectivity index (χ0) is 14.5. The lowest BCUT2D eigenvalue weighted by atomic mass is 10.2. The molecule has 4 N–H and O–H groups in total. The molecule has 0 spiro atoms. The van der Waals surface area contributed by atoms with E-state index in [0.717, 1.165) is 5.56 Å². The highest BCUT2D eigenvalue weighted by Gasteiger charge is 2.15. The number of carbonyl (C=O) groups is 1. The van der Waals surface area contributed by atoms with Crippen LogP contribution in [0.3, 0.4) is 0 Å². The molecule has 6 nitrogen and oxygen atoms in total. The summed E-state index contributed by atoms with van der Waals surface area (Å²) in [6, 6.07) is 7.36. The average Bonchev–Trinajstić information content (AvgIpc) is 2.38. The summed E-state index contributed by atoms with van der Waals surface area (Å²) in [7, 11) is 0. The second kappa shape index (κ2) is 6.21. The van der Waals surface area contributed by atoms with Crippen LogP contribution in [0.5, 0.6) is 0 Å². The van der Waals surface area contributed by atoms with Gasteiger partial charge in [0, 0.05) is 12.2 Å². The number of benzene rings is 1.